The van der Waals surface area contributed by atoms with Crippen LogP contribution in [0.3, 0.4) is 0 Å². The number of hydrogen-bond acceptors (Lipinski definition) is 6. The summed E-state index contributed by atoms with van der Waals surface area (Å²) in [5.41, 5.74) is 1.77. The Hall–Kier alpha value is -2.54. The molecule has 1 saturated heterocycles. The van der Waals surface area contributed by atoms with Crippen molar-refractivity contribution in [2.75, 3.05) is 11.4 Å². The molecule has 0 aliphatic carbocycles. The number of hydrogen-bond donors (Lipinski definition) is 0. The van der Waals surface area contributed by atoms with Crippen LogP contribution >= 0.6 is 11.3 Å². The van der Waals surface area contributed by atoms with Gasteiger partial charge in [-0.05, 0) is 37.1 Å². The molecule has 7 heteroatoms. The summed E-state index contributed by atoms with van der Waals surface area (Å²) in [6.45, 7) is 7.40. The van der Waals surface area contributed by atoms with E-state index in [2.05, 4.69) is 60.1 Å². The van der Waals surface area contributed by atoms with Crippen LogP contribution in [0.5, 0.6) is 0 Å². The van der Waals surface area contributed by atoms with Crippen LogP contribution in [-0.4, -0.2) is 31.3 Å². The van der Waals surface area contributed by atoms with E-state index in [9.17, 15) is 0 Å². The summed E-state index contributed by atoms with van der Waals surface area (Å²) in [6.07, 6.45) is 2.25. The van der Waals surface area contributed by atoms with Gasteiger partial charge in [-0.2, -0.15) is 4.52 Å². The zero-order valence-corrected chi connectivity index (χ0v) is 16.6. The summed E-state index contributed by atoms with van der Waals surface area (Å²) in [5, 5.41) is 14.7. The van der Waals surface area contributed by atoms with E-state index < -0.39 is 0 Å². The van der Waals surface area contributed by atoms with Crippen molar-refractivity contribution >= 4 is 33.0 Å². The molecular weight excluding hydrogens is 356 g/mol. The van der Waals surface area contributed by atoms with Crippen LogP contribution in [0.2, 0.25) is 0 Å². The summed E-state index contributed by atoms with van der Waals surface area (Å²) in [7, 11) is 0. The highest BCUT2D eigenvalue weighted by Crippen LogP contribution is 2.38. The summed E-state index contributed by atoms with van der Waals surface area (Å²) < 4.78 is 3.14. The van der Waals surface area contributed by atoms with Crippen LogP contribution in [0.1, 0.15) is 50.5 Å². The van der Waals surface area contributed by atoms with E-state index in [0.717, 1.165) is 42.2 Å². The minimum Gasteiger partial charge on any atom is -0.346 e. The van der Waals surface area contributed by atoms with Crippen molar-refractivity contribution in [1.82, 2.24) is 24.8 Å². The molecule has 1 unspecified atom stereocenters. The average Bonchev–Trinajstić information content (AvgIpc) is 3.36. The van der Waals surface area contributed by atoms with Gasteiger partial charge in [0, 0.05) is 12.0 Å². The Morgan fingerprint density at radius 2 is 1.93 bits per heavy atom. The molecule has 5 rings (SSSR count). The molecule has 0 bridgehead atoms. The Kier molecular flexibility index (Phi) is 3.69. The van der Waals surface area contributed by atoms with E-state index in [-0.39, 0.29) is 11.5 Å². The minimum atomic E-state index is -0.109. The molecule has 4 aromatic rings. The van der Waals surface area contributed by atoms with Gasteiger partial charge in [-0.3, -0.25) is 0 Å². The highest BCUT2D eigenvalue weighted by atomic mass is 32.1. The Bertz CT molecular complexity index is 1090. The van der Waals surface area contributed by atoms with Crippen molar-refractivity contribution in [3.8, 4) is 0 Å². The Morgan fingerprint density at radius 1 is 1.07 bits per heavy atom. The standard InChI is InChI=1S/C20H22N6S/c1-20(2,3)19-23-22-16-10-11-17(24-26(16)19)25-12-6-8-14(25)18-21-13-7-4-5-9-15(13)27-18/h4-5,7,9-11,14H,6,8,12H2,1-3H3. The normalized spacial score (nSPS) is 18.0. The van der Waals surface area contributed by atoms with Gasteiger partial charge in [-0.1, -0.05) is 32.9 Å². The van der Waals surface area contributed by atoms with Gasteiger partial charge in [-0.25, -0.2) is 4.98 Å². The molecule has 1 atom stereocenters. The number of aromatic nitrogens is 5. The molecule has 1 aromatic carbocycles. The van der Waals surface area contributed by atoms with Gasteiger partial charge in [0.05, 0.1) is 16.3 Å². The van der Waals surface area contributed by atoms with Crippen molar-refractivity contribution in [1.29, 1.82) is 0 Å². The third-order valence-electron chi connectivity index (χ3n) is 5.06. The van der Waals surface area contributed by atoms with Gasteiger partial charge in [0.15, 0.2) is 11.5 Å². The number of benzene rings is 1. The first-order valence-corrected chi connectivity index (χ1v) is 10.2. The van der Waals surface area contributed by atoms with Gasteiger partial charge in [0.25, 0.3) is 0 Å². The molecule has 0 saturated carbocycles. The van der Waals surface area contributed by atoms with Crippen LogP contribution in [-0.2, 0) is 5.41 Å². The Balaban J connectivity index is 1.56. The zero-order valence-electron chi connectivity index (χ0n) is 15.8. The summed E-state index contributed by atoms with van der Waals surface area (Å²) in [4.78, 5) is 7.28. The van der Waals surface area contributed by atoms with E-state index in [1.165, 1.54) is 9.71 Å². The first-order valence-electron chi connectivity index (χ1n) is 9.36. The fourth-order valence-electron chi connectivity index (χ4n) is 3.73. The zero-order chi connectivity index (χ0) is 18.6. The number of thiazole rings is 1. The number of anilines is 1. The van der Waals surface area contributed by atoms with E-state index in [1.807, 2.05) is 16.6 Å². The van der Waals surface area contributed by atoms with E-state index >= 15 is 0 Å². The maximum Gasteiger partial charge on any atom is 0.178 e. The quantitative estimate of drug-likeness (QED) is 0.518. The van der Waals surface area contributed by atoms with Crippen LogP contribution in [0, 0.1) is 0 Å². The molecule has 3 aromatic heterocycles. The van der Waals surface area contributed by atoms with Gasteiger partial charge in [0.1, 0.15) is 10.8 Å². The monoisotopic (exact) mass is 378 g/mol. The maximum atomic E-state index is 4.91. The van der Waals surface area contributed by atoms with E-state index in [1.54, 1.807) is 11.3 Å². The van der Waals surface area contributed by atoms with E-state index in [0.29, 0.717) is 0 Å². The maximum absolute atomic E-state index is 4.91. The highest BCUT2D eigenvalue weighted by molar-refractivity contribution is 7.18. The Labute approximate surface area is 161 Å². The molecule has 0 radical (unpaired) electrons. The highest BCUT2D eigenvalue weighted by Gasteiger charge is 2.31. The molecule has 27 heavy (non-hydrogen) atoms. The van der Waals surface area contributed by atoms with Crippen LogP contribution in [0.4, 0.5) is 5.82 Å². The second-order valence-electron chi connectivity index (χ2n) is 8.11. The number of para-hydroxylation sites is 1. The molecule has 1 aliphatic rings. The lowest BCUT2D eigenvalue weighted by atomic mass is 9.96. The van der Waals surface area contributed by atoms with Crippen molar-refractivity contribution in [3.63, 3.8) is 0 Å². The van der Waals surface area contributed by atoms with Crippen molar-refractivity contribution < 1.29 is 0 Å². The van der Waals surface area contributed by atoms with Gasteiger partial charge in [0.2, 0.25) is 0 Å². The van der Waals surface area contributed by atoms with Crippen LogP contribution in [0.25, 0.3) is 15.9 Å². The summed E-state index contributed by atoms with van der Waals surface area (Å²) >= 11 is 1.79. The lowest BCUT2D eigenvalue weighted by molar-refractivity contribution is 0.526. The second kappa shape index (κ2) is 5.99. The Morgan fingerprint density at radius 3 is 2.74 bits per heavy atom. The van der Waals surface area contributed by atoms with Crippen molar-refractivity contribution in [3.05, 3.63) is 47.2 Å². The SMILES string of the molecule is CC(C)(C)c1nnc2ccc(N3CCCC3c3nc4ccccc4s3)nn12. The smallest absolute Gasteiger partial charge is 0.178 e. The molecule has 0 N–H and O–H groups in total. The largest absolute Gasteiger partial charge is 0.346 e. The van der Waals surface area contributed by atoms with Crippen molar-refractivity contribution in [2.24, 2.45) is 0 Å². The second-order valence-corrected chi connectivity index (χ2v) is 9.17. The molecule has 0 amide bonds. The third kappa shape index (κ3) is 2.77. The fraction of sp³-hybridized carbons (Fsp3) is 0.400. The van der Waals surface area contributed by atoms with Gasteiger partial charge < -0.3 is 4.90 Å². The third-order valence-corrected chi connectivity index (χ3v) is 6.20. The summed E-state index contributed by atoms with van der Waals surface area (Å²) in [6, 6.07) is 12.7. The lowest BCUT2D eigenvalue weighted by Gasteiger charge is -2.24. The predicted octanol–water partition coefficient (Wildman–Crippen LogP) is 4.37. The molecule has 6 nitrogen and oxygen atoms in total. The molecule has 0 spiro atoms. The van der Waals surface area contributed by atoms with Crippen molar-refractivity contribution in [2.45, 2.75) is 45.1 Å². The van der Waals surface area contributed by atoms with Crippen LogP contribution < -0.4 is 4.90 Å². The predicted molar refractivity (Wildman–Crippen MR) is 108 cm³/mol. The summed E-state index contributed by atoms with van der Waals surface area (Å²) in [5.74, 6) is 1.85. The molecule has 1 fully saturated rings. The lowest BCUT2D eigenvalue weighted by Crippen LogP contribution is -2.25. The minimum absolute atomic E-state index is 0.109. The first-order chi connectivity index (χ1) is 13.0. The number of fused-ring (bicyclic) bond motifs is 2. The topological polar surface area (TPSA) is 59.2 Å². The molecule has 4 heterocycles. The van der Waals surface area contributed by atoms with Gasteiger partial charge >= 0.3 is 0 Å². The average molecular weight is 379 g/mol. The van der Waals surface area contributed by atoms with E-state index in [4.69, 9.17) is 10.1 Å². The van der Waals surface area contributed by atoms with Crippen LogP contribution in [0.15, 0.2) is 36.4 Å². The first kappa shape index (κ1) is 16.6. The molecule has 138 valence electrons. The number of nitrogens with zero attached hydrogens (tertiary/aromatic N) is 6. The molecule has 1 aliphatic heterocycles. The number of rotatable bonds is 2. The fourth-order valence-corrected chi connectivity index (χ4v) is 4.85. The van der Waals surface area contributed by atoms with Gasteiger partial charge in [-0.15, -0.1) is 26.6 Å². The molecular formula is C20H22N6S.